The van der Waals surface area contributed by atoms with Crippen LogP contribution in [0, 0.1) is 0 Å². The topological polar surface area (TPSA) is 24.9 Å². The van der Waals surface area contributed by atoms with Crippen molar-refractivity contribution in [2.75, 3.05) is 0 Å². The van der Waals surface area contributed by atoms with Gasteiger partial charge in [0, 0.05) is 23.7 Å². The SMILES string of the molecule is CCc1ncc(CNC(C)c2ccc(C(C)C)cc2)s1. The summed E-state index contributed by atoms with van der Waals surface area (Å²) in [5.41, 5.74) is 2.74. The van der Waals surface area contributed by atoms with Crippen molar-refractivity contribution in [2.24, 2.45) is 0 Å². The number of nitrogens with zero attached hydrogens (tertiary/aromatic N) is 1. The zero-order chi connectivity index (χ0) is 14.5. The molecule has 1 heterocycles. The van der Waals surface area contributed by atoms with Gasteiger partial charge < -0.3 is 5.32 Å². The summed E-state index contributed by atoms with van der Waals surface area (Å²) in [5, 5.41) is 4.79. The minimum atomic E-state index is 0.364. The molecule has 2 aromatic rings. The molecule has 0 aliphatic carbocycles. The van der Waals surface area contributed by atoms with Crippen molar-refractivity contribution in [3.63, 3.8) is 0 Å². The highest BCUT2D eigenvalue weighted by molar-refractivity contribution is 7.11. The molecule has 1 N–H and O–H groups in total. The molecule has 0 fully saturated rings. The Morgan fingerprint density at radius 2 is 1.75 bits per heavy atom. The maximum atomic E-state index is 4.39. The number of nitrogens with one attached hydrogen (secondary N) is 1. The van der Waals surface area contributed by atoms with Crippen LogP contribution in [0.4, 0.5) is 0 Å². The number of aromatic nitrogens is 1. The van der Waals surface area contributed by atoms with Crippen molar-refractivity contribution in [1.82, 2.24) is 10.3 Å². The highest BCUT2D eigenvalue weighted by atomic mass is 32.1. The molecule has 2 nitrogen and oxygen atoms in total. The molecule has 0 spiro atoms. The lowest BCUT2D eigenvalue weighted by Gasteiger charge is -2.14. The van der Waals surface area contributed by atoms with Gasteiger partial charge in [0.25, 0.3) is 0 Å². The molecule has 3 heteroatoms. The van der Waals surface area contributed by atoms with Crippen LogP contribution in [0.2, 0.25) is 0 Å². The third-order valence-electron chi connectivity index (χ3n) is 3.59. The Balaban J connectivity index is 1.92. The van der Waals surface area contributed by atoms with Crippen LogP contribution in [0.1, 0.15) is 60.7 Å². The van der Waals surface area contributed by atoms with Gasteiger partial charge in [0.2, 0.25) is 0 Å². The van der Waals surface area contributed by atoms with Crippen LogP contribution in [-0.4, -0.2) is 4.98 Å². The molecule has 2 rings (SSSR count). The summed E-state index contributed by atoms with van der Waals surface area (Å²) in [7, 11) is 0. The minimum Gasteiger partial charge on any atom is -0.305 e. The third kappa shape index (κ3) is 3.90. The lowest BCUT2D eigenvalue weighted by Crippen LogP contribution is -2.17. The third-order valence-corrected chi connectivity index (χ3v) is 4.73. The van der Waals surface area contributed by atoms with E-state index in [2.05, 4.69) is 62.3 Å². The molecule has 1 atom stereocenters. The maximum Gasteiger partial charge on any atom is 0.0925 e. The van der Waals surface area contributed by atoms with Crippen molar-refractivity contribution >= 4 is 11.3 Å². The second-order valence-corrected chi connectivity index (χ2v) is 6.70. The van der Waals surface area contributed by atoms with Crippen LogP contribution in [-0.2, 0) is 13.0 Å². The van der Waals surface area contributed by atoms with Gasteiger partial charge in [-0.2, -0.15) is 0 Å². The van der Waals surface area contributed by atoms with E-state index in [1.165, 1.54) is 21.0 Å². The van der Waals surface area contributed by atoms with Gasteiger partial charge in [-0.1, -0.05) is 45.0 Å². The zero-order valence-corrected chi connectivity index (χ0v) is 13.6. The summed E-state index contributed by atoms with van der Waals surface area (Å²) in [6.07, 6.45) is 3.02. The lowest BCUT2D eigenvalue weighted by atomic mass is 9.99. The van der Waals surface area contributed by atoms with Gasteiger partial charge in [0.05, 0.1) is 5.01 Å². The highest BCUT2D eigenvalue weighted by Gasteiger charge is 2.07. The minimum absolute atomic E-state index is 0.364. The number of hydrogen-bond donors (Lipinski definition) is 1. The Bertz CT molecular complexity index is 528. The van der Waals surface area contributed by atoms with Crippen molar-refractivity contribution < 1.29 is 0 Å². The van der Waals surface area contributed by atoms with E-state index in [9.17, 15) is 0 Å². The van der Waals surface area contributed by atoms with Crippen LogP contribution in [0.15, 0.2) is 30.5 Å². The molecule has 1 aromatic carbocycles. The van der Waals surface area contributed by atoms with Crippen molar-refractivity contribution in [3.05, 3.63) is 51.5 Å². The molecule has 1 aromatic heterocycles. The average Bonchev–Trinajstić information content (AvgIpc) is 2.93. The second-order valence-electron chi connectivity index (χ2n) is 5.50. The van der Waals surface area contributed by atoms with Crippen LogP contribution < -0.4 is 5.32 Å². The van der Waals surface area contributed by atoms with E-state index in [1.54, 1.807) is 11.3 Å². The van der Waals surface area contributed by atoms with Gasteiger partial charge in [-0.3, -0.25) is 0 Å². The number of rotatable bonds is 6. The first-order chi connectivity index (χ1) is 9.60. The summed E-state index contributed by atoms with van der Waals surface area (Å²) in [4.78, 5) is 5.71. The number of hydrogen-bond acceptors (Lipinski definition) is 3. The van der Waals surface area contributed by atoms with Gasteiger partial charge in [-0.25, -0.2) is 4.98 Å². The lowest BCUT2D eigenvalue weighted by molar-refractivity contribution is 0.578. The van der Waals surface area contributed by atoms with E-state index < -0.39 is 0 Å². The first kappa shape index (κ1) is 15.2. The summed E-state index contributed by atoms with van der Waals surface area (Å²) in [6, 6.07) is 9.30. The fourth-order valence-electron chi connectivity index (χ4n) is 2.13. The maximum absolute atomic E-state index is 4.39. The van der Waals surface area contributed by atoms with E-state index >= 15 is 0 Å². The fraction of sp³-hybridized carbons (Fsp3) is 0.471. The molecule has 0 aliphatic heterocycles. The molecule has 0 saturated heterocycles. The van der Waals surface area contributed by atoms with Gasteiger partial charge in [0.1, 0.15) is 0 Å². The van der Waals surface area contributed by atoms with E-state index in [4.69, 9.17) is 0 Å². The summed E-state index contributed by atoms with van der Waals surface area (Å²) in [5.74, 6) is 0.594. The standard InChI is InChI=1S/C17H24N2S/c1-5-17-19-11-16(20-17)10-18-13(4)15-8-6-14(7-9-15)12(2)3/h6-9,11-13,18H,5,10H2,1-4H3. The highest BCUT2D eigenvalue weighted by Crippen LogP contribution is 2.20. The van der Waals surface area contributed by atoms with E-state index in [0.717, 1.165) is 13.0 Å². The Labute approximate surface area is 126 Å². The Kier molecular flexibility index (Phi) is 5.32. The van der Waals surface area contributed by atoms with Crippen molar-refractivity contribution in [1.29, 1.82) is 0 Å². The normalized spacial score (nSPS) is 12.8. The van der Waals surface area contributed by atoms with Gasteiger partial charge >= 0.3 is 0 Å². The summed E-state index contributed by atoms with van der Waals surface area (Å²) in [6.45, 7) is 9.71. The van der Waals surface area contributed by atoms with Crippen LogP contribution in [0.5, 0.6) is 0 Å². The van der Waals surface area contributed by atoms with Gasteiger partial charge in [-0.05, 0) is 30.4 Å². The Hall–Kier alpha value is -1.19. The van der Waals surface area contributed by atoms with E-state index in [-0.39, 0.29) is 0 Å². The molecule has 0 bridgehead atoms. The molecule has 0 radical (unpaired) electrons. The second kappa shape index (κ2) is 7.00. The van der Waals surface area contributed by atoms with Crippen molar-refractivity contribution in [3.8, 4) is 0 Å². The summed E-state index contributed by atoms with van der Waals surface area (Å²) < 4.78 is 0. The number of benzene rings is 1. The fourth-order valence-corrected chi connectivity index (χ4v) is 2.95. The van der Waals surface area contributed by atoms with Crippen LogP contribution >= 0.6 is 11.3 Å². The van der Waals surface area contributed by atoms with E-state index in [1.807, 2.05) is 6.20 Å². The summed E-state index contributed by atoms with van der Waals surface area (Å²) >= 11 is 1.80. The predicted molar refractivity (Wildman–Crippen MR) is 87.3 cm³/mol. The molecule has 1 unspecified atom stereocenters. The molecular weight excluding hydrogens is 264 g/mol. The quantitative estimate of drug-likeness (QED) is 0.835. The Morgan fingerprint density at radius 3 is 2.30 bits per heavy atom. The van der Waals surface area contributed by atoms with Crippen molar-refractivity contribution in [2.45, 2.75) is 52.6 Å². The number of thiazole rings is 1. The zero-order valence-electron chi connectivity index (χ0n) is 12.8. The van der Waals surface area contributed by atoms with Gasteiger partial charge in [0.15, 0.2) is 0 Å². The monoisotopic (exact) mass is 288 g/mol. The number of aryl methyl sites for hydroxylation is 1. The van der Waals surface area contributed by atoms with E-state index in [0.29, 0.717) is 12.0 Å². The molecule has 0 saturated carbocycles. The molecule has 0 aliphatic rings. The smallest absolute Gasteiger partial charge is 0.0925 e. The molecule has 20 heavy (non-hydrogen) atoms. The first-order valence-electron chi connectivity index (χ1n) is 7.37. The molecule has 0 amide bonds. The van der Waals surface area contributed by atoms with Crippen LogP contribution in [0.3, 0.4) is 0 Å². The first-order valence-corrected chi connectivity index (χ1v) is 8.18. The predicted octanol–water partition coefficient (Wildman–Crippen LogP) is 4.68. The Morgan fingerprint density at radius 1 is 1.10 bits per heavy atom. The van der Waals surface area contributed by atoms with Gasteiger partial charge in [-0.15, -0.1) is 11.3 Å². The average molecular weight is 288 g/mol. The largest absolute Gasteiger partial charge is 0.305 e. The molecule has 108 valence electrons. The van der Waals surface area contributed by atoms with Crippen LogP contribution in [0.25, 0.3) is 0 Å². The molecular formula is C17H24N2S.